The largest absolute Gasteiger partial charge is 0.320 e. The summed E-state index contributed by atoms with van der Waals surface area (Å²) in [5.41, 5.74) is 0. The lowest BCUT2D eigenvalue weighted by molar-refractivity contribution is 0.125. The highest BCUT2D eigenvalue weighted by atomic mass is 15.2. The molecule has 1 aliphatic heterocycles. The Morgan fingerprint density at radius 3 is 2.40 bits per heavy atom. The standard InChI is InChI=1S/C13H26N2/c1-11(13-3-4-13)15-9-6-12(7-10-15)5-8-14-2/h11-14H,3-10H2,1-2H3. The third-order valence-corrected chi connectivity index (χ3v) is 4.33. The lowest BCUT2D eigenvalue weighted by atomic mass is 9.92. The molecule has 0 radical (unpaired) electrons. The number of piperidine rings is 1. The van der Waals surface area contributed by atoms with Crippen LogP contribution in [0.3, 0.4) is 0 Å². The van der Waals surface area contributed by atoms with Gasteiger partial charge in [0.05, 0.1) is 0 Å². The summed E-state index contributed by atoms with van der Waals surface area (Å²) in [6.07, 6.45) is 7.21. The Kier molecular flexibility index (Phi) is 4.04. The first-order valence-corrected chi connectivity index (χ1v) is 6.70. The lowest BCUT2D eigenvalue weighted by Crippen LogP contribution is -2.41. The van der Waals surface area contributed by atoms with Gasteiger partial charge in [0, 0.05) is 6.04 Å². The number of rotatable bonds is 5. The summed E-state index contributed by atoms with van der Waals surface area (Å²) in [6, 6.07) is 0.871. The molecule has 1 unspecified atom stereocenters. The Bertz CT molecular complexity index is 181. The molecular formula is C13H26N2. The maximum atomic E-state index is 3.26. The number of nitrogens with zero attached hydrogens (tertiary/aromatic N) is 1. The lowest BCUT2D eigenvalue weighted by Gasteiger charge is -2.36. The van der Waals surface area contributed by atoms with Crippen LogP contribution in [0.4, 0.5) is 0 Å². The van der Waals surface area contributed by atoms with E-state index < -0.39 is 0 Å². The molecule has 2 aliphatic rings. The summed E-state index contributed by atoms with van der Waals surface area (Å²) in [6.45, 7) is 6.34. The van der Waals surface area contributed by atoms with E-state index in [4.69, 9.17) is 0 Å². The van der Waals surface area contributed by atoms with Crippen molar-refractivity contribution in [3.63, 3.8) is 0 Å². The first-order valence-electron chi connectivity index (χ1n) is 6.70. The molecule has 1 N–H and O–H groups in total. The Morgan fingerprint density at radius 1 is 1.20 bits per heavy atom. The van der Waals surface area contributed by atoms with Crippen molar-refractivity contribution in [3.05, 3.63) is 0 Å². The zero-order chi connectivity index (χ0) is 10.7. The van der Waals surface area contributed by atoms with Crippen molar-refractivity contribution in [2.75, 3.05) is 26.7 Å². The second-order valence-corrected chi connectivity index (χ2v) is 5.45. The fourth-order valence-corrected chi connectivity index (χ4v) is 2.87. The van der Waals surface area contributed by atoms with Crippen LogP contribution in [-0.4, -0.2) is 37.6 Å². The van der Waals surface area contributed by atoms with E-state index in [1.807, 2.05) is 0 Å². The second-order valence-electron chi connectivity index (χ2n) is 5.45. The van der Waals surface area contributed by atoms with Crippen LogP contribution in [0.5, 0.6) is 0 Å². The molecule has 2 nitrogen and oxygen atoms in total. The smallest absolute Gasteiger partial charge is 0.00951 e. The highest BCUT2D eigenvalue weighted by molar-refractivity contribution is 4.87. The van der Waals surface area contributed by atoms with Crippen LogP contribution in [0, 0.1) is 11.8 Å². The molecule has 1 aliphatic carbocycles. The summed E-state index contributed by atoms with van der Waals surface area (Å²) in [5.74, 6) is 2.03. The van der Waals surface area contributed by atoms with Crippen molar-refractivity contribution in [1.82, 2.24) is 10.2 Å². The van der Waals surface area contributed by atoms with Gasteiger partial charge in [0.25, 0.3) is 0 Å². The molecule has 1 saturated carbocycles. The summed E-state index contributed by atoms with van der Waals surface area (Å²) in [7, 11) is 2.06. The second kappa shape index (κ2) is 5.31. The third kappa shape index (κ3) is 3.18. The Labute approximate surface area is 94.4 Å². The molecule has 0 spiro atoms. The van der Waals surface area contributed by atoms with E-state index in [0.717, 1.165) is 17.9 Å². The van der Waals surface area contributed by atoms with Gasteiger partial charge in [0.15, 0.2) is 0 Å². The predicted molar refractivity (Wildman–Crippen MR) is 65.0 cm³/mol. The van der Waals surface area contributed by atoms with Crippen LogP contribution in [0.25, 0.3) is 0 Å². The highest BCUT2D eigenvalue weighted by Crippen LogP contribution is 2.36. The molecule has 0 aromatic heterocycles. The van der Waals surface area contributed by atoms with Gasteiger partial charge in [-0.05, 0) is 77.5 Å². The zero-order valence-corrected chi connectivity index (χ0v) is 10.3. The Morgan fingerprint density at radius 2 is 1.87 bits per heavy atom. The Hall–Kier alpha value is -0.0800. The maximum absolute atomic E-state index is 3.26. The van der Waals surface area contributed by atoms with Gasteiger partial charge >= 0.3 is 0 Å². The van der Waals surface area contributed by atoms with Crippen molar-refractivity contribution < 1.29 is 0 Å². The number of hydrogen-bond acceptors (Lipinski definition) is 2. The molecule has 0 aromatic rings. The van der Waals surface area contributed by atoms with Gasteiger partial charge in [-0.1, -0.05) is 0 Å². The van der Waals surface area contributed by atoms with Gasteiger partial charge in [-0.25, -0.2) is 0 Å². The normalized spacial score (nSPS) is 26.8. The van der Waals surface area contributed by atoms with E-state index >= 15 is 0 Å². The van der Waals surface area contributed by atoms with Crippen LogP contribution in [0.15, 0.2) is 0 Å². The van der Waals surface area contributed by atoms with Crippen LogP contribution in [0.2, 0.25) is 0 Å². The van der Waals surface area contributed by atoms with E-state index in [1.165, 1.54) is 51.7 Å². The molecule has 1 saturated heterocycles. The van der Waals surface area contributed by atoms with Crippen molar-refractivity contribution in [2.24, 2.45) is 11.8 Å². The van der Waals surface area contributed by atoms with Crippen molar-refractivity contribution in [3.8, 4) is 0 Å². The van der Waals surface area contributed by atoms with E-state index in [0.29, 0.717) is 0 Å². The summed E-state index contributed by atoms with van der Waals surface area (Å²) in [5, 5.41) is 3.26. The summed E-state index contributed by atoms with van der Waals surface area (Å²) in [4.78, 5) is 2.73. The number of hydrogen-bond donors (Lipinski definition) is 1. The van der Waals surface area contributed by atoms with Gasteiger partial charge in [-0.15, -0.1) is 0 Å². The van der Waals surface area contributed by atoms with Crippen LogP contribution in [0.1, 0.15) is 39.0 Å². The molecule has 2 heteroatoms. The summed E-state index contributed by atoms with van der Waals surface area (Å²) < 4.78 is 0. The molecule has 0 aromatic carbocycles. The molecule has 2 fully saturated rings. The maximum Gasteiger partial charge on any atom is 0.00951 e. The van der Waals surface area contributed by atoms with Gasteiger partial charge in [-0.2, -0.15) is 0 Å². The number of likely N-dealkylation sites (tertiary alicyclic amines) is 1. The SMILES string of the molecule is CNCCC1CCN(C(C)C2CC2)CC1. The van der Waals surface area contributed by atoms with Gasteiger partial charge < -0.3 is 10.2 Å². The van der Waals surface area contributed by atoms with E-state index in [-0.39, 0.29) is 0 Å². The van der Waals surface area contributed by atoms with Crippen molar-refractivity contribution >= 4 is 0 Å². The van der Waals surface area contributed by atoms with Crippen LogP contribution >= 0.6 is 0 Å². The fourth-order valence-electron chi connectivity index (χ4n) is 2.87. The van der Waals surface area contributed by atoms with Crippen molar-refractivity contribution in [1.29, 1.82) is 0 Å². The van der Waals surface area contributed by atoms with E-state index in [9.17, 15) is 0 Å². The molecular weight excluding hydrogens is 184 g/mol. The molecule has 1 heterocycles. The Balaban J connectivity index is 1.67. The minimum absolute atomic E-state index is 0.871. The first-order chi connectivity index (χ1) is 7.31. The molecule has 0 amide bonds. The van der Waals surface area contributed by atoms with Crippen LogP contribution in [-0.2, 0) is 0 Å². The van der Waals surface area contributed by atoms with Gasteiger partial charge in [-0.3, -0.25) is 0 Å². The van der Waals surface area contributed by atoms with Gasteiger partial charge in [0.2, 0.25) is 0 Å². The summed E-state index contributed by atoms with van der Waals surface area (Å²) >= 11 is 0. The fraction of sp³-hybridized carbons (Fsp3) is 1.00. The average Bonchev–Trinajstić information content (AvgIpc) is 3.10. The highest BCUT2D eigenvalue weighted by Gasteiger charge is 2.33. The van der Waals surface area contributed by atoms with E-state index in [2.05, 4.69) is 24.2 Å². The molecule has 15 heavy (non-hydrogen) atoms. The minimum Gasteiger partial charge on any atom is -0.320 e. The average molecular weight is 210 g/mol. The molecule has 88 valence electrons. The minimum atomic E-state index is 0.871. The number of nitrogens with one attached hydrogen (secondary N) is 1. The topological polar surface area (TPSA) is 15.3 Å². The van der Waals surface area contributed by atoms with Crippen molar-refractivity contribution in [2.45, 2.75) is 45.1 Å². The molecule has 1 atom stereocenters. The van der Waals surface area contributed by atoms with E-state index in [1.54, 1.807) is 0 Å². The first kappa shape index (κ1) is 11.4. The van der Waals surface area contributed by atoms with Gasteiger partial charge in [0.1, 0.15) is 0 Å². The quantitative estimate of drug-likeness (QED) is 0.747. The molecule has 2 rings (SSSR count). The monoisotopic (exact) mass is 210 g/mol. The zero-order valence-electron chi connectivity index (χ0n) is 10.3. The predicted octanol–water partition coefficient (Wildman–Crippen LogP) is 2.11. The molecule has 0 bridgehead atoms. The van der Waals surface area contributed by atoms with Crippen LogP contribution < -0.4 is 5.32 Å². The third-order valence-electron chi connectivity index (χ3n) is 4.33.